The third-order valence-electron chi connectivity index (χ3n) is 2.93. The van der Waals surface area contributed by atoms with Crippen molar-refractivity contribution in [3.63, 3.8) is 0 Å². The van der Waals surface area contributed by atoms with E-state index in [4.69, 9.17) is 16.1 Å². The van der Waals surface area contributed by atoms with E-state index in [0.29, 0.717) is 22.0 Å². The van der Waals surface area contributed by atoms with E-state index in [0.717, 1.165) is 0 Å². The van der Waals surface area contributed by atoms with Crippen molar-refractivity contribution in [2.75, 3.05) is 5.32 Å². The molecule has 0 unspecified atom stereocenters. The summed E-state index contributed by atoms with van der Waals surface area (Å²) in [5.41, 5.74) is 1.15. The Kier molecular flexibility index (Phi) is 3.89. The van der Waals surface area contributed by atoms with Crippen LogP contribution in [0.5, 0.6) is 0 Å². The zero-order valence-electron chi connectivity index (χ0n) is 11.2. The van der Waals surface area contributed by atoms with Gasteiger partial charge in [-0.1, -0.05) is 35.0 Å². The molecule has 0 radical (unpaired) electrons. The Morgan fingerprint density at radius 2 is 1.95 bits per heavy atom. The Bertz CT molecular complexity index is 832. The van der Waals surface area contributed by atoms with Crippen LogP contribution in [-0.4, -0.2) is 11.1 Å². The van der Waals surface area contributed by atoms with Gasteiger partial charge in [-0.3, -0.25) is 4.79 Å². The fraction of sp³-hybridized carbons (Fsp3) is 0. The van der Waals surface area contributed by atoms with Gasteiger partial charge < -0.3 is 9.84 Å². The van der Waals surface area contributed by atoms with Crippen LogP contribution in [0.25, 0.3) is 11.3 Å². The molecule has 4 nitrogen and oxygen atoms in total. The molecule has 0 aliphatic rings. The van der Waals surface area contributed by atoms with Crippen molar-refractivity contribution >= 4 is 23.2 Å². The zero-order chi connectivity index (χ0) is 15.5. The Morgan fingerprint density at radius 1 is 1.14 bits per heavy atom. The van der Waals surface area contributed by atoms with Gasteiger partial charge in [0.2, 0.25) is 0 Å². The lowest BCUT2D eigenvalue weighted by atomic mass is 10.1. The summed E-state index contributed by atoms with van der Waals surface area (Å²) in [6.45, 7) is 0. The van der Waals surface area contributed by atoms with E-state index >= 15 is 0 Å². The highest BCUT2D eigenvalue weighted by Gasteiger charge is 2.14. The van der Waals surface area contributed by atoms with E-state index in [9.17, 15) is 9.18 Å². The van der Waals surface area contributed by atoms with Crippen LogP contribution in [0, 0.1) is 5.82 Å². The maximum Gasteiger partial charge on any atom is 0.277 e. The molecule has 2 aromatic carbocycles. The summed E-state index contributed by atoms with van der Waals surface area (Å²) < 4.78 is 18.2. The number of rotatable bonds is 3. The largest absolute Gasteiger partial charge is 0.355 e. The molecule has 0 aliphatic carbocycles. The summed E-state index contributed by atoms with van der Waals surface area (Å²) in [5.74, 6) is -0.493. The highest BCUT2D eigenvalue weighted by molar-refractivity contribution is 6.30. The number of amides is 1. The van der Waals surface area contributed by atoms with Gasteiger partial charge in [-0.05, 0) is 30.3 Å². The lowest BCUT2D eigenvalue weighted by Crippen LogP contribution is -2.12. The first-order chi connectivity index (χ1) is 10.6. The van der Waals surface area contributed by atoms with Crippen molar-refractivity contribution in [1.29, 1.82) is 0 Å². The molecule has 0 saturated heterocycles. The van der Waals surface area contributed by atoms with Crippen LogP contribution in [0.2, 0.25) is 5.02 Å². The van der Waals surface area contributed by atoms with Gasteiger partial charge in [0.25, 0.3) is 5.91 Å². The maximum absolute atomic E-state index is 13.1. The highest BCUT2D eigenvalue weighted by Crippen LogP contribution is 2.23. The number of anilines is 1. The number of aromatic nitrogens is 1. The lowest BCUT2D eigenvalue weighted by molar-refractivity contribution is 0.101. The van der Waals surface area contributed by atoms with Crippen molar-refractivity contribution < 1.29 is 13.7 Å². The molecule has 3 rings (SSSR count). The van der Waals surface area contributed by atoms with Crippen molar-refractivity contribution in [2.45, 2.75) is 0 Å². The van der Waals surface area contributed by atoms with Gasteiger partial charge in [0.05, 0.1) is 0 Å². The molecule has 0 fully saturated rings. The topological polar surface area (TPSA) is 55.1 Å². The molecule has 0 atom stereocenters. The van der Waals surface area contributed by atoms with E-state index in [1.54, 1.807) is 30.3 Å². The molecule has 22 heavy (non-hydrogen) atoms. The number of hydrogen-bond donors (Lipinski definition) is 1. The van der Waals surface area contributed by atoms with E-state index in [1.807, 2.05) is 0 Å². The third kappa shape index (κ3) is 3.15. The van der Waals surface area contributed by atoms with Crippen LogP contribution in [0.15, 0.2) is 59.1 Å². The van der Waals surface area contributed by atoms with Crippen molar-refractivity contribution in [3.05, 3.63) is 71.1 Å². The second-order valence-electron chi connectivity index (χ2n) is 4.55. The molecular weight excluding hydrogens is 307 g/mol. The second-order valence-corrected chi connectivity index (χ2v) is 4.99. The molecule has 3 aromatic rings. The number of benzene rings is 2. The first-order valence-electron chi connectivity index (χ1n) is 6.41. The fourth-order valence-electron chi connectivity index (χ4n) is 1.92. The van der Waals surface area contributed by atoms with Crippen LogP contribution in [0.4, 0.5) is 10.1 Å². The monoisotopic (exact) mass is 316 g/mol. The fourth-order valence-corrected chi connectivity index (χ4v) is 2.11. The summed E-state index contributed by atoms with van der Waals surface area (Å²) in [4.78, 5) is 12.1. The van der Waals surface area contributed by atoms with Crippen LogP contribution in [0.3, 0.4) is 0 Å². The predicted octanol–water partition coefficient (Wildman–Crippen LogP) is 4.39. The van der Waals surface area contributed by atoms with Crippen LogP contribution in [0.1, 0.15) is 10.5 Å². The molecule has 1 aromatic heterocycles. The van der Waals surface area contributed by atoms with Gasteiger partial charge in [0.15, 0.2) is 11.5 Å². The van der Waals surface area contributed by atoms with Crippen molar-refractivity contribution in [2.24, 2.45) is 0 Å². The van der Waals surface area contributed by atoms with Crippen molar-refractivity contribution in [3.8, 4) is 11.3 Å². The highest BCUT2D eigenvalue weighted by atomic mass is 35.5. The number of hydrogen-bond acceptors (Lipinski definition) is 3. The molecule has 110 valence electrons. The van der Waals surface area contributed by atoms with Crippen LogP contribution < -0.4 is 5.32 Å². The summed E-state index contributed by atoms with van der Waals surface area (Å²) in [7, 11) is 0. The minimum absolute atomic E-state index is 0.0965. The molecule has 1 amide bonds. The normalized spacial score (nSPS) is 10.5. The third-order valence-corrected chi connectivity index (χ3v) is 3.17. The number of carbonyl (C=O) groups excluding carboxylic acids is 1. The van der Waals surface area contributed by atoms with E-state index in [-0.39, 0.29) is 5.69 Å². The number of nitrogens with zero attached hydrogens (tertiary/aromatic N) is 1. The van der Waals surface area contributed by atoms with Crippen molar-refractivity contribution in [1.82, 2.24) is 5.16 Å². The first-order valence-corrected chi connectivity index (χ1v) is 6.79. The molecule has 1 N–H and O–H groups in total. The zero-order valence-corrected chi connectivity index (χ0v) is 12.0. The van der Waals surface area contributed by atoms with Gasteiger partial charge in [-0.2, -0.15) is 0 Å². The van der Waals surface area contributed by atoms with Crippen LogP contribution in [-0.2, 0) is 0 Å². The SMILES string of the molecule is O=C(Nc1cccc(F)c1)c1cc(-c2cccc(Cl)c2)on1. The smallest absolute Gasteiger partial charge is 0.277 e. The van der Waals surface area contributed by atoms with Gasteiger partial charge in [0, 0.05) is 22.3 Å². The number of nitrogens with one attached hydrogen (secondary N) is 1. The molecule has 1 heterocycles. The predicted molar refractivity (Wildman–Crippen MR) is 81.3 cm³/mol. The Balaban J connectivity index is 1.80. The average Bonchev–Trinajstić information content (AvgIpc) is 2.97. The Morgan fingerprint density at radius 3 is 2.73 bits per heavy atom. The molecular formula is C16H10ClFN2O2. The van der Waals surface area contributed by atoms with E-state index < -0.39 is 11.7 Å². The average molecular weight is 317 g/mol. The summed E-state index contributed by atoms with van der Waals surface area (Å²) in [5, 5.41) is 6.82. The summed E-state index contributed by atoms with van der Waals surface area (Å²) in [6.07, 6.45) is 0. The second kappa shape index (κ2) is 5.99. The standard InChI is InChI=1S/C16H10ClFN2O2/c17-11-4-1-3-10(7-11)15-9-14(20-22-15)16(21)19-13-6-2-5-12(18)8-13/h1-9H,(H,19,21). The summed E-state index contributed by atoms with van der Waals surface area (Å²) in [6, 6.07) is 14.1. The maximum atomic E-state index is 13.1. The molecule has 0 spiro atoms. The Hall–Kier alpha value is -2.66. The number of halogens is 2. The minimum Gasteiger partial charge on any atom is -0.355 e. The minimum atomic E-state index is -0.484. The quantitative estimate of drug-likeness (QED) is 0.779. The van der Waals surface area contributed by atoms with Gasteiger partial charge in [-0.15, -0.1) is 0 Å². The van der Waals surface area contributed by atoms with Gasteiger partial charge >= 0.3 is 0 Å². The first kappa shape index (κ1) is 14.3. The summed E-state index contributed by atoms with van der Waals surface area (Å²) >= 11 is 5.91. The molecule has 0 aliphatic heterocycles. The molecule has 6 heteroatoms. The number of carbonyl (C=O) groups is 1. The van der Waals surface area contributed by atoms with Gasteiger partial charge in [0.1, 0.15) is 5.82 Å². The molecule has 0 saturated carbocycles. The Labute approximate surface area is 130 Å². The molecule has 0 bridgehead atoms. The van der Waals surface area contributed by atoms with E-state index in [2.05, 4.69) is 10.5 Å². The lowest BCUT2D eigenvalue weighted by Gasteiger charge is -2.01. The van der Waals surface area contributed by atoms with E-state index in [1.165, 1.54) is 24.3 Å². The van der Waals surface area contributed by atoms with Crippen LogP contribution >= 0.6 is 11.6 Å². The van der Waals surface area contributed by atoms with Gasteiger partial charge in [-0.25, -0.2) is 4.39 Å².